The van der Waals surface area contributed by atoms with Crippen molar-refractivity contribution in [2.75, 3.05) is 20.2 Å². The Morgan fingerprint density at radius 3 is 2.57 bits per heavy atom. The molecule has 0 N–H and O–H groups in total. The van der Waals surface area contributed by atoms with Crippen molar-refractivity contribution in [3.63, 3.8) is 0 Å². The van der Waals surface area contributed by atoms with Crippen LogP contribution in [0.4, 0.5) is 13.2 Å². The number of hydrogen-bond acceptors (Lipinski definition) is 5. The number of amides is 1. The Bertz CT molecular complexity index is 984. The molecule has 10 heteroatoms. The van der Waals surface area contributed by atoms with E-state index in [1.165, 1.54) is 24.1 Å². The fourth-order valence-corrected chi connectivity index (χ4v) is 3.28. The number of ether oxygens (including phenoxy) is 2. The van der Waals surface area contributed by atoms with Crippen LogP contribution < -0.4 is 9.47 Å². The van der Waals surface area contributed by atoms with E-state index in [0.29, 0.717) is 13.1 Å². The number of rotatable bonds is 5. The molecule has 0 aliphatic carbocycles. The van der Waals surface area contributed by atoms with Gasteiger partial charge in [-0.25, -0.2) is 0 Å². The van der Waals surface area contributed by atoms with E-state index in [0.717, 1.165) is 17.1 Å². The fourth-order valence-electron chi connectivity index (χ4n) is 3.04. The molecule has 1 atom stereocenters. The van der Waals surface area contributed by atoms with E-state index in [9.17, 15) is 23.2 Å². The van der Waals surface area contributed by atoms with Crippen LogP contribution in [0.15, 0.2) is 34.9 Å². The van der Waals surface area contributed by atoms with Crippen LogP contribution in [0.25, 0.3) is 0 Å². The molecule has 3 rings (SSSR count). The summed E-state index contributed by atoms with van der Waals surface area (Å²) in [7, 11) is 1.24. The molecule has 6 nitrogen and oxygen atoms in total. The van der Waals surface area contributed by atoms with Crippen LogP contribution in [-0.2, 0) is 0 Å². The summed E-state index contributed by atoms with van der Waals surface area (Å²) in [6.45, 7) is 1.52. The van der Waals surface area contributed by atoms with Gasteiger partial charge in [0.15, 0.2) is 11.9 Å². The number of alkyl halides is 3. The van der Waals surface area contributed by atoms with E-state index in [-0.39, 0.29) is 28.5 Å². The van der Waals surface area contributed by atoms with Gasteiger partial charge in [-0.2, -0.15) is 18.4 Å². The van der Waals surface area contributed by atoms with Crippen LogP contribution in [-0.4, -0.2) is 48.3 Å². The minimum absolute atomic E-state index is 0.00524. The van der Waals surface area contributed by atoms with Crippen molar-refractivity contribution >= 4 is 21.8 Å². The Kier molecular flexibility index (Phi) is 6.22. The number of halogens is 4. The van der Waals surface area contributed by atoms with Crippen LogP contribution in [0.5, 0.6) is 11.5 Å². The van der Waals surface area contributed by atoms with Gasteiger partial charge < -0.3 is 14.4 Å². The second-order valence-electron chi connectivity index (χ2n) is 6.74. The zero-order valence-corrected chi connectivity index (χ0v) is 17.6. The van der Waals surface area contributed by atoms with Crippen LogP contribution in [0.3, 0.4) is 0 Å². The molecule has 1 saturated heterocycles. The van der Waals surface area contributed by atoms with Crippen molar-refractivity contribution in [1.29, 1.82) is 5.26 Å². The highest BCUT2D eigenvalue weighted by Crippen LogP contribution is 2.38. The van der Waals surface area contributed by atoms with E-state index in [4.69, 9.17) is 9.47 Å². The van der Waals surface area contributed by atoms with Gasteiger partial charge in [0.1, 0.15) is 17.4 Å². The lowest BCUT2D eigenvalue weighted by Crippen LogP contribution is -2.49. The molecule has 2 heterocycles. The number of methoxy groups -OCH3 is 1. The second-order valence-corrected chi connectivity index (χ2v) is 7.66. The van der Waals surface area contributed by atoms with Crippen LogP contribution in [0.2, 0.25) is 0 Å². The monoisotopic (exact) mass is 483 g/mol. The smallest absolute Gasteiger partial charge is 0.425 e. The minimum atomic E-state index is -4.61. The quantitative estimate of drug-likeness (QED) is 0.633. The first kappa shape index (κ1) is 21.9. The third kappa shape index (κ3) is 4.36. The molecule has 1 aromatic carbocycles. The molecule has 0 radical (unpaired) electrons. The first-order valence-electron chi connectivity index (χ1n) is 8.90. The minimum Gasteiger partial charge on any atom is -0.494 e. The van der Waals surface area contributed by atoms with Crippen molar-refractivity contribution in [2.45, 2.75) is 25.1 Å². The lowest BCUT2D eigenvalue weighted by molar-refractivity contribution is -0.189. The standard InChI is InChI=1S/C20H17BrF3N3O3/c1-11(20(22,23)24)30-16-6-3-12(7-25)18(29-2)17(16)19(28)27-9-13(10-27)15-5-4-14(21)8-26-15/h3-6,8,11,13H,9-10H2,1-2H3. The maximum absolute atomic E-state index is 13.1. The molecule has 0 saturated carbocycles. The van der Waals surface area contributed by atoms with Gasteiger partial charge >= 0.3 is 6.18 Å². The lowest BCUT2D eigenvalue weighted by Gasteiger charge is -2.39. The second kappa shape index (κ2) is 8.52. The maximum Gasteiger partial charge on any atom is 0.425 e. The predicted molar refractivity (Wildman–Crippen MR) is 104 cm³/mol. The number of aromatic nitrogens is 1. The molecule has 158 valence electrons. The molecule has 30 heavy (non-hydrogen) atoms. The molecule has 0 bridgehead atoms. The summed E-state index contributed by atoms with van der Waals surface area (Å²) in [5, 5.41) is 9.29. The molecule has 1 amide bonds. The molecule has 1 aliphatic heterocycles. The highest BCUT2D eigenvalue weighted by molar-refractivity contribution is 9.10. The molecule has 1 aliphatic rings. The van der Waals surface area contributed by atoms with Gasteiger partial charge in [-0.1, -0.05) is 0 Å². The average Bonchev–Trinajstić information content (AvgIpc) is 2.66. The average molecular weight is 484 g/mol. The number of pyridine rings is 1. The number of hydrogen-bond donors (Lipinski definition) is 0. The summed E-state index contributed by atoms with van der Waals surface area (Å²) in [4.78, 5) is 18.9. The molecule has 1 unspecified atom stereocenters. The Hall–Kier alpha value is -2.80. The molecule has 0 spiro atoms. The number of benzene rings is 1. The summed E-state index contributed by atoms with van der Waals surface area (Å²) in [6, 6.07) is 8.01. The van der Waals surface area contributed by atoms with Gasteiger partial charge in [0.25, 0.3) is 5.91 Å². The molecule has 1 fully saturated rings. The fraction of sp³-hybridized carbons (Fsp3) is 0.350. The highest BCUT2D eigenvalue weighted by atomic mass is 79.9. The van der Waals surface area contributed by atoms with Crippen molar-refractivity contribution in [1.82, 2.24) is 9.88 Å². The van der Waals surface area contributed by atoms with Crippen molar-refractivity contribution < 1.29 is 27.4 Å². The number of likely N-dealkylation sites (tertiary alicyclic amines) is 1. The topological polar surface area (TPSA) is 75.5 Å². The summed E-state index contributed by atoms with van der Waals surface area (Å²) in [5.74, 6) is -0.960. The van der Waals surface area contributed by atoms with Crippen LogP contribution >= 0.6 is 15.9 Å². The molecule has 1 aromatic heterocycles. The molecular formula is C20H17BrF3N3O3. The van der Waals surface area contributed by atoms with E-state index < -0.39 is 18.2 Å². The first-order chi connectivity index (χ1) is 14.2. The number of carbonyl (C=O) groups excluding carboxylic acids is 1. The van der Waals surface area contributed by atoms with Crippen LogP contribution in [0, 0.1) is 11.3 Å². The highest BCUT2D eigenvalue weighted by Gasteiger charge is 2.40. The van der Waals surface area contributed by atoms with Gasteiger partial charge in [0.2, 0.25) is 0 Å². The normalized spacial score (nSPS) is 15.2. The Labute approximate surface area is 179 Å². The third-order valence-electron chi connectivity index (χ3n) is 4.76. The number of nitriles is 1. The number of carbonyl (C=O) groups is 1. The molecular weight excluding hydrogens is 467 g/mol. The molecule has 2 aromatic rings. The van der Waals surface area contributed by atoms with Crippen molar-refractivity contribution in [3.8, 4) is 17.6 Å². The van der Waals surface area contributed by atoms with Gasteiger partial charge in [-0.05, 0) is 47.1 Å². The maximum atomic E-state index is 13.1. The van der Waals surface area contributed by atoms with Crippen molar-refractivity contribution in [2.24, 2.45) is 0 Å². The Morgan fingerprint density at radius 2 is 2.03 bits per heavy atom. The van der Waals surface area contributed by atoms with E-state index in [2.05, 4.69) is 20.9 Å². The summed E-state index contributed by atoms with van der Waals surface area (Å²) >= 11 is 3.31. The number of nitrogens with zero attached hydrogens (tertiary/aromatic N) is 3. The summed E-state index contributed by atoms with van der Waals surface area (Å²) in [6.07, 6.45) is -5.10. The van der Waals surface area contributed by atoms with Crippen LogP contribution in [0.1, 0.15) is 34.5 Å². The zero-order valence-electron chi connectivity index (χ0n) is 16.0. The van der Waals surface area contributed by atoms with Gasteiger partial charge in [-0.15, -0.1) is 0 Å². The summed E-state index contributed by atoms with van der Waals surface area (Å²) in [5.41, 5.74) is 0.636. The van der Waals surface area contributed by atoms with Gasteiger partial charge in [-0.3, -0.25) is 9.78 Å². The Morgan fingerprint density at radius 1 is 1.33 bits per heavy atom. The van der Waals surface area contributed by atoms with Gasteiger partial charge in [0, 0.05) is 35.4 Å². The zero-order chi connectivity index (χ0) is 22.1. The van der Waals surface area contributed by atoms with E-state index in [1.54, 1.807) is 6.20 Å². The summed E-state index contributed by atoms with van der Waals surface area (Å²) < 4.78 is 50.0. The predicted octanol–water partition coefficient (Wildman–Crippen LogP) is 4.29. The largest absolute Gasteiger partial charge is 0.494 e. The van der Waals surface area contributed by atoms with E-state index >= 15 is 0 Å². The Balaban J connectivity index is 1.88. The lowest BCUT2D eigenvalue weighted by atomic mass is 9.94. The van der Waals surface area contributed by atoms with E-state index in [1.807, 2.05) is 18.2 Å². The SMILES string of the molecule is COc1c(C#N)ccc(OC(C)C(F)(F)F)c1C(=O)N1CC(c2ccc(Br)cn2)C1. The van der Waals surface area contributed by atoms with Crippen molar-refractivity contribution in [3.05, 3.63) is 51.8 Å². The first-order valence-corrected chi connectivity index (χ1v) is 9.70. The van der Waals surface area contributed by atoms with Gasteiger partial charge in [0.05, 0.1) is 12.7 Å². The third-order valence-corrected chi connectivity index (χ3v) is 5.23.